The first kappa shape index (κ1) is 13.7. The third-order valence-corrected chi connectivity index (χ3v) is 2.70. The number of nitrogens with one attached hydrogen (secondary N) is 1. The van der Waals surface area contributed by atoms with Crippen molar-refractivity contribution >= 4 is 11.5 Å². The van der Waals surface area contributed by atoms with Crippen molar-refractivity contribution in [2.24, 2.45) is 0 Å². The topological polar surface area (TPSA) is 84.0 Å². The Labute approximate surface area is 118 Å². The molecule has 2 rings (SSSR count). The molecule has 0 bridgehead atoms. The van der Waals surface area contributed by atoms with Crippen molar-refractivity contribution in [3.63, 3.8) is 0 Å². The van der Waals surface area contributed by atoms with Gasteiger partial charge in [-0.25, -0.2) is 4.98 Å². The van der Waals surface area contributed by atoms with Crippen LogP contribution < -0.4 is 15.8 Å². The van der Waals surface area contributed by atoms with Gasteiger partial charge in [-0.05, 0) is 43.3 Å². The molecular formula is C15H16N4O. The molecule has 5 heteroatoms. The fraction of sp³-hybridized carbons (Fsp3) is 0.200. The van der Waals surface area contributed by atoms with Crippen LogP contribution in [0.3, 0.4) is 0 Å². The lowest BCUT2D eigenvalue weighted by molar-refractivity contribution is 0.333. The molecule has 1 aromatic carbocycles. The number of anilines is 2. The molecular weight excluding hydrogens is 252 g/mol. The number of aromatic nitrogens is 1. The summed E-state index contributed by atoms with van der Waals surface area (Å²) in [5.41, 5.74) is 7.70. The average molecular weight is 268 g/mol. The van der Waals surface area contributed by atoms with E-state index in [2.05, 4.69) is 16.4 Å². The normalized spacial score (nSPS) is 9.80. The zero-order valence-corrected chi connectivity index (χ0v) is 11.3. The smallest absolute Gasteiger partial charge is 0.144 e. The summed E-state index contributed by atoms with van der Waals surface area (Å²) in [5, 5.41) is 12.1. The molecule has 0 saturated carbocycles. The quantitative estimate of drug-likeness (QED) is 0.642. The number of rotatable bonds is 5. The summed E-state index contributed by atoms with van der Waals surface area (Å²) in [6.45, 7) is 2.93. The Hall–Kier alpha value is -2.74. The summed E-state index contributed by atoms with van der Waals surface area (Å²) in [6, 6.07) is 12.9. The summed E-state index contributed by atoms with van der Waals surface area (Å²) in [4.78, 5) is 4.29. The molecule has 0 fully saturated rings. The third kappa shape index (κ3) is 3.62. The summed E-state index contributed by atoms with van der Waals surface area (Å²) >= 11 is 0. The molecule has 0 saturated heterocycles. The molecule has 20 heavy (non-hydrogen) atoms. The zero-order valence-electron chi connectivity index (χ0n) is 11.3. The van der Waals surface area contributed by atoms with Crippen molar-refractivity contribution in [3.05, 3.63) is 47.7 Å². The number of nitrogens with two attached hydrogens (primary N) is 1. The molecule has 0 aliphatic heterocycles. The van der Waals surface area contributed by atoms with E-state index in [0.717, 1.165) is 11.4 Å². The minimum absolute atomic E-state index is 0.477. The minimum atomic E-state index is 0.477. The van der Waals surface area contributed by atoms with Crippen LogP contribution in [0.15, 0.2) is 36.4 Å². The molecule has 1 heterocycles. The SMILES string of the molecule is Cc1ccc(C#N)c(NCCOc2ccc(N)cc2)n1. The van der Waals surface area contributed by atoms with Crippen molar-refractivity contribution in [3.8, 4) is 11.8 Å². The lowest BCUT2D eigenvalue weighted by Crippen LogP contribution is -2.13. The van der Waals surface area contributed by atoms with Crippen LogP contribution in [-0.4, -0.2) is 18.1 Å². The molecule has 0 aliphatic carbocycles. The Morgan fingerprint density at radius 1 is 1.25 bits per heavy atom. The van der Waals surface area contributed by atoms with Crippen LogP contribution >= 0.6 is 0 Å². The van der Waals surface area contributed by atoms with Crippen molar-refractivity contribution in [2.75, 3.05) is 24.2 Å². The highest BCUT2D eigenvalue weighted by molar-refractivity contribution is 5.52. The lowest BCUT2D eigenvalue weighted by Gasteiger charge is -2.09. The van der Waals surface area contributed by atoms with Gasteiger partial charge in [0.2, 0.25) is 0 Å². The molecule has 102 valence electrons. The maximum atomic E-state index is 9.00. The fourth-order valence-electron chi connectivity index (χ4n) is 1.68. The van der Waals surface area contributed by atoms with E-state index in [9.17, 15) is 0 Å². The number of benzene rings is 1. The summed E-state index contributed by atoms with van der Waals surface area (Å²) in [6.07, 6.45) is 0. The molecule has 0 radical (unpaired) electrons. The number of pyridine rings is 1. The molecule has 0 aliphatic rings. The molecule has 0 unspecified atom stereocenters. The number of hydrogen-bond donors (Lipinski definition) is 2. The average Bonchev–Trinajstić information content (AvgIpc) is 2.46. The van der Waals surface area contributed by atoms with Gasteiger partial charge in [-0.15, -0.1) is 0 Å². The van der Waals surface area contributed by atoms with Gasteiger partial charge in [0.15, 0.2) is 0 Å². The van der Waals surface area contributed by atoms with E-state index in [1.54, 1.807) is 18.2 Å². The van der Waals surface area contributed by atoms with Crippen LogP contribution in [0.2, 0.25) is 0 Å². The van der Waals surface area contributed by atoms with Crippen LogP contribution in [0.1, 0.15) is 11.3 Å². The monoisotopic (exact) mass is 268 g/mol. The number of ether oxygens (including phenoxy) is 1. The fourth-order valence-corrected chi connectivity index (χ4v) is 1.68. The highest BCUT2D eigenvalue weighted by Crippen LogP contribution is 2.14. The zero-order chi connectivity index (χ0) is 14.4. The largest absolute Gasteiger partial charge is 0.492 e. The van der Waals surface area contributed by atoms with Gasteiger partial charge in [0.1, 0.15) is 24.2 Å². The standard InChI is InChI=1S/C15H16N4O/c1-11-2-3-12(10-16)15(19-11)18-8-9-20-14-6-4-13(17)5-7-14/h2-7H,8-9,17H2,1H3,(H,18,19). The molecule has 0 atom stereocenters. The van der Waals surface area contributed by atoms with Crippen LogP contribution in [0.4, 0.5) is 11.5 Å². The Balaban J connectivity index is 1.86. The number of nitriles is 1. The second-order valence-corrected chi connectivity index (χ2v) is 4.30. The van der Waals surface area contributed by atoms with Crippen molar-refractivity contribution in [1.29, 1.82) is 5.26 Å². The van der Waals surface area contributed by atoms with E-state index in [4.69, 9.17) is 15.7 Å². The van der Waals surface area contributed by atoms with Crippen LogP contribution in [0, 0.1) is 18.3 Å². The molecule has 0 spiro atoms. The van der Waals surface area contributed by atoms with Gasteiger partial charge in [-0.2, -0.15) is 5.26 Å². The van der Waals surface area contributed by atoms with Gasteiger partial charge in [0.05, 0.1) is 12.1 Å². The number of nitrogens with zero attached hydrogens (tertiary/aromatic N) is 2. The van der Waals surface area contributed by atoms with Gasteiger partial charge < -0.3 is 15.8 Å². The first-order chi connectivity index (χ1) is 9.69. The van der Waals surface area contributed by atoms with Crippen LogP contribution in [0.25, 0.3) is 0 Å². The third-order valence-electron chi connectivity index (χ3n) is 2.70. The molecule has 5 nitrogen and oxygen atoms in total. The Bertz CT molecular complexity index is 617. The Morgan fingerprint density at radius 2 is 2.00 bits per heavy atom. The van der Waals surface area contributed by atoms with E-state index in [1.807, 2.05) is 25.1 Å². The highest BCUT2D eigenvalue weighted by Gasteiger charge is 2.03. The molecule has 3 N–H and O–H groups in total. The molecule has 1 aromatic heterocycles. The first-order valence-corrected chi connectivity index (χ1v) is 6.29. The van der Waals surface area contributed by atoms with E-state index < -0.39 is 0 Å². The maximum Gasteiger partial charge on any atom is 0.144 e. The summed E-state index contributed by atoms with van der Waals surface area (Å²) in [7, 11) is 0. The van der Waals surface area contributed by atoms with Gasteiger partial charge in [-0.3, -0.25) is 0 Å². The number of nitrogen functional groups attached to an aromatic ring is 1. The lowest BCUT2D eigenvalue weighted by atomic mass is 10.2. The van der Waals surface area contributed by atoms with Crippen LogP contribution in [-0.2, 0) is 0 Å². The van der Waals surface area contributed by atoms with Gasteiger partial charge in [0.25, 0.3) is 0 Å². The minimum Gasteiger partial charge on any atom is -0.492 e. The van der Waals surface area contributed by atoms with Crippen molar-refractivity contribution < 1.29 is 4.74 Å². The van der Waals surface area contributed by atoms with Gasteiger partial charge >= 0.3 is 0 Å². The molecule has 0 amide bonds. The van der Waals surface area contributed by atoms with Crippen molar-refractivity contribution in [2.45, 2.75) is 6.92 Å². The van der Waals surface area contributed by atoms with E-state index in [0.29, 0.717) is 30.2 Å². The first-order valence-electron chi connectivity index (χ1n) is 6.29. The predicted molar refractivity (Wildman–Crippen MR) is 78.5 cm³/mol. The van der Waals surface area contributed by atoms with Crippen LogP contribution in [0.5, 0.6) is 5.75 Å². The predicted octanol–water partition coefficient (Wildman–Crippen LogP) is 2.33. The Kier molecular flexibility index (Phi) is 4.40. The van der Waals surface area contributed by atoms with Gasteiger partial charge in [0, 0.05) is 11.4 Å². The summed E-state index contributed by atoms with van der Waals surface area (Å²) in [5.74, 6) is 1.35. The van der Waals surface area contributed by atoms with E-state index >= 15 is 0 Å². The van der Waals surface area contributed by atoms with E-state index in [-0.39, 0.29) is 0 Å². The van der Waals surface area contributed by atoms with Crippen molar-refractivity contribution in [1.82, 2.24) is 4.98 Å². The maximum absolute atomic E-state index is 9.00. The summed E-state index contributed by atoms with van der Waals surface area (Å²) < 4.78 is 5.56. The second-order valence-electron chi connectivity index (χ2n) is 4.30. The highest BCUT2D eigenvalue weighted by atomic mass is 16.5. The molecule has 2 aromatic rings. The number of aryl methyl sites for hydroxylation is 1. The Morgan fingerprint density at radius 3 is 2.70 bits per heavy atom. The number of hydrogen-bond acceptors (Lipinski definition) is 5. The second kappa shape index (κ2) is 6.43. The van der Waals surface area contributed by atoms with Gasteiger partial charge in [-0.1, -0.05) is 0 Å². The van der Waals surface area contributed by atoms with E-state index in [1.165, 1.54) is 0 Å².